The van der Waals surface area contributed by atoms with Gasteiger partial charge in [0.2, 0.25) is 5.88 Å². The predicted octanol–water partition coefficient (Wildman–Crippen LogP) is 2.83. The van der Waals surface area contributed by atoms with Crippen molar-refractivity contribution in [2.75, 3.05) is 18.4 Å². The molecule has 7 heteroatoms. The number of likely N-dealkylation sites (tertiary alicyclic amines) is 1. The third-order valence-corrected chi connectivity index (χ3v) is 3.95. The third kappa shape index (κ3) is 4.97. The molecule has 2 heterocycles. The van der Waals surface area contributed by atoms with E-state index in [9.17, 15) is 4.79 Å². The molecule has 132 valence electrons. The van der Waals surface area contributed by atoms with Crippen molar-refractivity contribution in [2.24, 2.45) is 0 Å². The van der Waals surface area contributed by atoms with E-state index < -0.39 is 5.60 Å². The standard InChI is InChI=1S/C17H26N4O3/c1-17(2,3)24-16(22)21-8-6-13(7-9-21)23-15-10-14(18-11-19-15)20-12-4-5-12/h10-13H,4-9H2,1-3H3,(H,18,19,20). The van der Waals surface area contributed by atoms with Gasteiger partial charge in [-0.1, -0.05) is 0 Å². The van der Waals surface area contributed by atoms with Crippen LogP contribution < -0.4 is 10.1 Å². The van der Waals surface area contributed by atoms with E-state index in [1.165, 1.54) is 19.2 Å². The van der Waals surface area contributed by atoms with Crippen LogP contribution in [0.3, 0.4) is 0 Å². The van der Waals surface area contributed by atoms with E-state index >= 15 is 0 Å². The van der Waals surface area contributed by atoms with E-state index in [-0.39, 0.29) is 12.2 Å². The number of amides is 1. The van der Waals surface area contributed by atoms with Gasteiger partial charge in [-0.3, -0.25) is 0 Å². The first-order valence-electron chi connectivity index (χ1n) is 8.62. The number of aromatic nitrogens is 2. The zero-order valence-electron chi connectivity index (χ0n) is 14.6. The van der Waals surface area contributed by atoms with Crippen LogP contribution in [0.1, 0.15) is 46.5 Å². The van der Waals surface area contributed by atoms with Crippen molar-refractivity contribution in [1.82, 2.24) is 14.9 Å². The Morgan fingerprint density at radius 2 is 1.92 bits per heavy atom. The van der Waals surface area contributed by atoms with E-state index in [2.05, 4.69) is 15.3 Å². The normalized spacial score (nSPS) is 19.0. The summed E-state index contributed by atoms with van der Waals surface area (Å²) >= 11 is 0. The summed E-state index contributed by atoms with van der Waals surface area (Å²) in [6.07, 6.45) is 5.28. The molecule has 0 atom stereocenters. The lowest BCUT2D eigenvalue weighted by Crippen LogP contribution is -2.44. The van der Waals surface area contributed by atoms with Crippen LogP contribution in [0.5, 0.6) is 5.88 Å². The molecule has 1 N–H and O–H groups in total. The van der Waals surface area contributed by atoms with Gasteiger partial charge in [-0.25, -0.2) is 14.8 Å². The Labute approximate surface area is 142 Å². The van der Waals surface area contributed by atoms with Crippen molar-refractivity contribution >= 4 is 11.9 Å². The van der Waals surface area contributed by atoms with E-state index in [0.29, 0.717) is 25.0 Å². The van der Waals surface area contributed by atoms with Crippen molar-refractivity contribution < 1.29 is 14.3 Å². The Hall–Kier alpha value is -2.05. The van der Waals surface area contributed by atoms with Gasteiger partial charge in [-0.05, 0) is 33.6 Å². The molecule has 2 aliphatic rings. The maximum Gasteiger partial charge on any atom is 0.410 e. The Morgan fingerprint density at radius 3 is 2.54 bits per heavy atom. The van der Waals surface area contributed by atoms with Gasteiger partial charge in [-0.15, -0.1) is 0 Å². The molecule has 1 saturated carbocycles. The van der Waals surface area contributed by atoms with Gasteiger partial charge in [0, 0.05) is 38.0 Å². The Kier molecular flexibility index (Phi) is 4.78. The highest BCUT2D eigenvalue weighted by Crippen LogP contribution is 2.25. The summed E-state index contributed by atoms with van der Waals surface area (Å²) in [6.45, 7) is 6.91. The minimum atomic E-state index is -0.462. The summed E-state index contributed by atoms with van der Waals surface area (Å²) in [6, 6.07) is 2.39. The van der Waals surface area contributed by atoms with Crippen molar-refractivity contribution in [3.63, 3.8) is 0 Å². The molecule has 0 aromatic carbocycles. The molecular formula is C17H26N4O3. The quantitative estimate of drug-likeness (QED) is 0.912. The topological polar surface area (TPSA) is 76.6 Å². The molecule has 0 spiro atoms. The second-order valence-corrected chi connectivity index (χ2v) is 7.44. The smallest absolute Gasteiger partial charge is 0.410 e. The molecule has 1 aliphatic heterocycles. The lowest BCUT2D eigenvalue weighted by Gasteiger charge is -2.33. The molecule has 1 aromatic heterocycles. The second kappa shape index (κ2) is 6.83. The first-order chi connectivity index (χ1) is 11.4. The zero-order chi connectivity index (χ0) is 17.2. The van der Waals surface area contributed by atoms with Crippen molar-refractivity contribution in [3.8, 4) is 5.88 Å². The lowest BCUT2D eigenvalue weighted by atomic mass is 10.1. The molecular weight excluding hydrogens is 308 g/mol. The van der Waals surface area contributed by atoms with Gasteiger partial charge in [0.25, 0.3) is 0 Å². The van der Waals surface area contributed by atoms with E-state index in [1.807, 2.05) is 26.8 Å². The monoisotopic (exact) mass is 334 g/mol. The fraction of sp³-hybridized carbons (Fsp3) is 0.706. The summed E-state index contributed by atoms with van der Waals surface area (Å²) in [7, 11) is 0. The summed E-state index contributed by atoms with van der Waals surface area (Å²) in [5.41, 5.74) is -0.462. The Bertz CT molecular complexity index is 575. The summed E-state index contributed by atoms with van der Waals surface area (Å²) in [5, 5.41) is 3.34. The summed E-state index contributed by atoms with van der Waals surface area (Å²) < 4.78 is 11.4. The van der Waals surface area contributed by atoms with Gasteiger partial charge in [-0.2, -0.15) is 0 Å². The maximum absolute atomic E-state index is 12.1. The summed E-state index contributed by atoms with van der Waals surface area (Å²) in [5.74, 6) is 1.40. The largest absolute Gasteiger partial charge is 0.474 e. The molecule has 2 fully saturated rings. The van der Waals surface area contributed by atoms with Crippen LogP contribution in [0.25, 0.3) is 0 Å². The number of hydrogen-bond acceptors (Lipinski definition) is 6. The number of nitrogens with zero attached hydrogens (tertiary/aromatic N) is 3. The molecule has 0 bridgehead atoms. The minimum absolute atomic E-state index is 0.0624. The number of anilines is 1. The van der Waals surface area contributed by atoms with Crippen molar-refractivity contribution in [2.45, 2.75) is 64.2 Å². The Morgan fingerprint density at radius 1 is 1.21 bits per heavy atom. The van der Waals surface area contributed by atoms with Gasteiger partial charge in [0.05, 0.1) is 0 Å². The van der Waals surface area contributed by atoms with Gasteiger partial charge in [0.15, 0.2) is 0 Å². The number of nitrogens with one attached hydrogen (secondary N) is 1. The average molecular weight is 334 g/mol. The highest BCUT2D eigenvalue weighted by atomic mass is 16.6. The first kappa shape index (κ1) is 16.8. The minimum Gasteiger partial charge on any atom is -0.474 e. The average Bonchev–Trinajstić information content (AvgIpc) is 3.30. The first-order valence-corrected chi connectivity index (χ1v) is 8.62. The number of ether oxygens (including phenoxy) is 2. The molecule has 1 saturated heterocycles. The molecule has 1 aliphatic carbocycles. The zero-order valence-corrected chi connectivity index (χ0v) is 14.6. The number of carbonyl (C=O) groups excluding carboxylic acids is 1. The number of rotatable bonds is 4. The predicted molar refractivity (Wildman–Crippen MR) is 90.1 cm³/mol. The number of carbonyl (C=O) groups is 1. The fourth-order valence-corrected chi connectivity index (χ4v) is 2.57. The van der Waals surface area contributed by atoms with Gasteiger partial charge in [0.1, 0.15) is 23.9 Å². The van der Waals surface area contributed by atoms with Crippen molar-refractivity contribution in [3.05, 3.63) is 12.4 Å². The van der Waals surface area contributed by atoms with Crippen LogP contribution in [-0.4, -0.2) is 51.8 Å². The SMILES string of the molecule is CC(C)(C)OC(=O)N1CCC(Oc2cc(NC3CC3)ncn2)CC1. The summed E-state index contributed by atoms with van der Waals surface area (Å²) in [4.78, 5) is 22.2. The number of hydrogen-bond donors (Lipinski definition) is 1. The Balaban J connectivity index is 1.47. The lowest BCUT2D eigenvalue weighted by molar-refractivity contribution is 0.0123. The molecule has 1 aromatic rings. The molecule has 7 nitrogen and oxygen atoms in total. The van der Waals surface area contributed by atoms with Crippen LogP contribution in [0, 0.1) is 0 Å². The van der Waals surface area contributed by atoms with Gasteiger partial charge < -0.3 is 19.7 Å². The molecule has 1 amide bonds. The van der Waals surface area contributed by atoms with Crippen LogP contribution >= 0.6 is 0 Å². The highest BCUT2D eigenvalue weighted by Gasteiger charge is 2.28. The van der Waals surface area contributed by atoms with Gasteiger partial charge >= 0.3 is 6.09 Å². The van der Waals surface area contributed by atoms with Crippen molar-refractivity contribution in [1.29, 1.82) is 0 Å². The van der Waals surface area contributed by atoms with E-state index in [0.717, 1.165) is 18.7 Å². The maximum atomic E-state index is 12.1. The van der Waals surface area contributed by atoms with Crippen LogP contribution in [0.15, 0.2) is 12.4 Å². The van der Waals surface area contributed by atoms with Crippen LogP contribution in [-0.2, 0) is 4.74 Å². The molecule has 0 radical (unpaired) electrons. The number of piperidine rings is 1. The molecule has 0 unspecified atom stereocenters. The molecule has 24 heavy (non-hydrogen) atoms. The van der Waals surface area contributed by atoms with E-state index in [4.69, 9.17) is 9.47 Å². The van der Waals surface area contributed by atoms with Crippen LogP contribution in [0.4, 0.5) is 10.6 Å². The third-order valence-electron chi connectivity index (χ3n) is 3.95. The highest BCUT2D eigenvalue weighted by molar-refractivity contribution is 5.68. The van der Waals surface area contributed by atoms with E-state index in [1.54, 1.807) is 4.90 Å². The van der Waals surface area contributed by atoms with Crippen LogP contribution in [0.2, 0.25) is 0 Å². The molecule has 3 rings (SSSR count). The second-order valence-electron chi connectivity index (χ2n) is 7.44. The fourth-order valence-electron chi connectivity index (χ4n) is 2.57.